The van der Waals surface area contributed by atoms with Crippen LogP contribution in [-0.4, -0.2) is 65.9 Å². The van der Waals surface area contributed by atoms with Crippen molar-refractivity contribution in [1.29, 1.82) is 0 Å². The van der Waals surface area contributed by atoms with Crippen LogP contribution in [0, 0.1) is 0 Å². The average Bonchev–Trinajstić information content (AvgIpc) is 3.09. The van der Waals surface area contributed by atoms with Crippen molar-refractivity contribution in [2.45, 2.75) is 43.7 Å². The highest BCUT2D eigenvalue weighted by molar-refractivity contribution is 5.87. The maximum atomic E-state index is 12.4. The zero-order valence-corrected chi connectivity index (χ0v) is 13.1. The van der Waals surface area contributed by atoms with Crippen LogP contribution >= 0.6 is 0 Å². The molecule has 6 nitrogen and oxygen atoms in total. The molecule has 0 saturated carbocycles. The molecule has 0 radical (unpaired) electrons. The molecule has 0 aromatic rings. The average molecular weight is 306 g/mol. The Bertz CT molecular complexity index is 463. The Kier molecular flexibility index (Phi) is 4.49. The predicted molar refractivity (Wildman–Crippen MR) is 84.1 cm³/mol. The lowest BCUT2D eigenvalue weighted by Crippen LogP contribution is -2.64. The van der Waals surface area contributed by atoms with E-state index in [1.165, 1.54) is 6.42 Å². The number of piperidine rings is 2. The summed E-state index contributed by atoms with van der Waals surface area (Å²) >= 11 is 0. The number of primary amides is 1. The van der Waals surface area contributed by atoms with Gasteiger partial charge in [0.1, 0.15) is 11.6 Å². The molecule has 3 heterocycles. The topological polar surface area (TPSA) is 78.7 Å². The van der Waals surface area contributed by atoms with Crippen LogP contribution in [0.1, 0.15) is 32.1 Å². The van der Waals surface area contributed by atoms with Gasteiger partial charge in [-0.2, -0.15) is 0 Å². The van der Waals surface area contributed by atoms with Gasteiger partial charge in [-0.05, 0) is 38.8 Å². The van der Waals surface area contributed by atoms with Crippen LogP contribution in [-0.2, 0) is 9.59 Å². The van der Waals surface area contributed by atoms with Gasteiger partial charge in [-0.15, -0.1) is 0 Å². The summed E-state index contributed by atoms with van der Waals surface area (Å²) in [6, 6.07) is -0.198. The lowest BCUT2D eigenvalue weighted by atomic mass is 9.83. The van der Waals surface area contributed by atoms with Crippen molar-refractivity contribution in [1.82, 2.24) is 15.1 Å². The number of hydrogen-bond donors (Lipinski definition) is 2. The van der Waals surface area contributed by atoms with Crippen molar-refractivity contribution in [2.24, 2.45) is 5.73 Å². The first-order valence-corrected chi connectivity index (χ1v) is 8.37. The molecule has 3 N–H and O–H groups in total. The van der Waals surface area contributed by atoms with Gasteiger partial charge in [0, 0.05) is 19.6 Å². The van der Waals surface area contributed by atoms with Crippen LogP contribution in [0.3, 0.4) is 0 Å². The van der Waals surface area contributed by atoms with E-state index in [0.717, 1.165) is 32.5 Å². The van der Waals surface area contributed by atoms with Gasteiger partial charge >= 0.3 is 0 Å². The standard InChI is InChI=1S/C16H26N4O2/c17-15(22)16(20-9-2-1-3-10-20)6-11-19(12-7-16)14(21)13-5-4-8-18-13/h4-5,13,18H,1-3,6-12H2,(H2,17,22)/t13-/m0/s1. The number of carbonyl (C=O) groups is 2. The molecule has 3 aliphatic heterocycles. The minimum atomic E-state index is -0.545. The zero-order valence-electron chi connectivity index (χ0n) is 13.1. The van der Waals surface area contributed by atoms with Gasteiger partial charge < -0.3 is 10.6 Å². The van der Waals surface area contributed by atoms with E-state index in [-0.39, 0.29) is 17.9 Å². The van der Waals surface area contributed by atoms with Crippen molar-refractivity contribution >= 4 is 11.8 Å². The van der Waals surface area contributed by atoms with E-state index in [1.54, 1.807) is 0 Å². The Morgan fingerprint density at radius 1 is 1.09 bits per heavy atom. The number of rotatable bonds is 3. The predicted octanol–water partition coefficient (Wildman–Crippen LogP) is -0.153. The van der Waals surface area contributed by atoms with Crippen LogP contribution in [0.4, 0.5) is 0 Å². The second-order valence-corrected chi connectivity index (χ2v) is 6.58. The third-order valence-electron chi connectivity index (χ3n) is 5.37. The molecule has 3 aliphatic rings. The molecule has 0 aromatic heterocycles. The monoisotopic (exact) mass is 306 g/mol. The minimum Gasteiger partial charge on any atom is -0.368 e. The molecule has 0 aromatic carbocycles. The van der Waals surface area contributed by atoms with Crippen LogP contribution in [0.25, 0.3) is 0 Å². The Labute approximate surface area is 131 Å². The Morgan fingerprint density at radius 2 is 1.77 bits per heavy atom. The fourth-order valence-corrected chi connectivity index (χ4v) is 3.97. The number of nitrogens with zero attached hydrogens (tertiary/aromatic N) is 2. The number of nitrogens with two attached hydrogens (primary N) is 1. The molecular formula is C16H26N4O2. The van der Waals surface area contributed by atoms with Gasteiger partial charge in [0.15, 0.2) is 0 Å². The van der Waals surface area contributed by atoms with Crippen molar-refractivity contribution in [2.75, 3.05) is 32.7 Å². The summed E-state index contributed by atoms with van der Waals surface area (Å²) < 4.78 is 0. The van der Waals surface area contributed by atoms with E-state index in [9.17, 15) is 9.59 Å². The van der Waals surface area contributed by atoms with E-state index >= 15 is 0 Å². The Hall–Kier alpha value is -1.40. The van der Waals surface area contributed by atoms with E-state index < -0.39 is 5.54 Å². The van der Waals surface area contributed by atoms with E-state index in [0.29, 0.717) is 25.9 Å². The maximum absolute atomic E-state index is 12.4. The molecular weight excluding hydrogens is 280 g/mol. The van der Waals surface area contributed by atoms with Crippen molar-refractivity contribution in [3.8, 4) is 0 Å². The molecule has 1 atom stereocenters. The highest BCUT2D eigenvalue weighted by atomic mass is 16.2. The first-order chi connectivity index (χ1) is 10.6. The van der Waals surface area contributed by atoms with Crippen LogP contribution in [0.5, 0.6) is 0 Å². The van der Waals surface area contributed by atoms with Crippen LogP contribution in [0.2, 0.25) is 0 Å². The van der Waals surface area contributed by atoms with Gasteiger partial charge in [-0.25, -0.2) is 0 Å². The van der Waals surface area contributed by atoms with Gasteiger partial charge in [0.2, 0.25) is 11.8 Å². The molecule has 0 bridgehead atoms. The first kappa shape index (κ1) is 15.5. The highest BCUT2D eigenvalue weighted by Gasteiger charge is 2.46. The molecule has 122 valence electrons. The number of likely N-dealkylation sites (tertiary alicyclic amines) is 2. The quantitative estimate of drug-likeness (QED) is 0.711. The molecule has 3 rings (SSSR count). The number of hydrogen-bond acceptors (Lipinski definition) is 4. The molecule has 22 heavy (non-hydrogen) atoms. The number of amides is 2. The normalized spacial score (nSPS) is 28.7. The second-order valence-electron chi connectivity index (χ2n) is 6.58. The van der Waals surface area contributed by atoms with Gasteiger partial charge in [0.05, 0.1) is 0 Å². The van der Waals surface area contributed by atoms with E-state index in [4.69, 9.17) is 5.73 Å². The minimum absolute atomic E-state index is 0.116. The van der Waals surface area contributed by atoms with Crippen LogP contribution < -0.4 is 11.1 Å². The molecule has 0 aliphatic carbocycles. The Morgan fingerprint density at radius 3 is 2.32 bits per heavy atom. The lowest BCUT2D eigenvalue weighted by Gasteiger charge is -2.48. The summed E-state index contributed by atoms with van der Waals surface area (Å²) in [6.45, 7) is 3.88. The summed E-state index contributed by atoms with van der Waals surface area (Å²) in [5.74, 6) is -0.106. The summed E-state index contributed by atoms with van der Waals surface area (Å²) in [7, 11) is 0. The fraction of sp³-hybridized carbons (Fsp3) is 0.750. The summed E-state index contributed by atoms with van der Waals surface area (Å²) in [4.78, 5) is 28.7. The third kappa shape index (κ3) is 2.77. The zero-order chi connectivity index (χ0) is 15.6. The van der Waals surface area contributed by atoms with Crippen molar-refractivity contribution in [3.05, 3.63) is 12.2 Å². The molecule has 2 saturated heterocycles. The lowest BCUT2D eigenvalue weighted by molar-refractivity contribution is -0.142. The van der Waals surface area contributed by atoms with Crippen molar-refractivity contribution in [3.63, 3.8) is 0 Å². The van der Waals surface area contributed by atoms with Gasteiger partial charge in [0.25, 0.3) is 0 Å². The summed E-state index contributed by atoms with van der Waals surface area (Å²) in [5.41, 5.74) is 5.22. The van der Waals surface area contributed by atoms with Crippen LogP contribution in [0.15, 0.2) is 12.2 Å². The van der Waals surface area contributed by atoms with Crippen molar-refractivity contribution < 1.29 is 9.59 Å². The number of nitrogens with one attached hydrogen (secondary N) is 1. The molecule has 0 spiro atoms. The van der Waals surface area contributed by atoms with E-state index in [1.807, 2.05) is 17.1 Å². The molecule has 2 fully saturated rings. The highest BCUT2D eigenvalue weighted by Crippen LogP contribution is 2.31. The Balaban J connectivity index is 1.65. The molecule has 0 unspecified atom stereocenters. The van der Waals surface area contributed by atoms with Gasteiger partial charge in [-0.1, -0.05) is 18.6 Å². The largest absolute Gasteiger partial charge is 0.368 e. The number of carbonyl (C=O) groups excluding carboxylic acids is 2. The SMILES string of the molecule is NC(=O)C1(N2CCCCC2)CCN(C(=O)[C@@H]2C=CCN2)CC1. The summed E-state index contributed by atoms with van der Waals surface area (Å²) in [5, 5.41) is 3.16. The second kappa shape index (κ2) is 6.38. The maximum Gasteiger partial charge on any atom is 0.243 e. The molecule has 6 heteroatoms. The fourth-order valence-electron chi connectivity index (χ4n) is 3.97. The molecule has 2 amide bonds. The first-order valence-electron chi connectivity index (χ1n) is 8.37. The summed E-state index contributed by atoms with van der Waals surface area (Å²) in [6.07, 6.45) is 8.71. The third-order valence-corrected chi connectivity index (χ3v) is 5.37. The van der Waals surface area contributed by atoms with Gasteiger partial charge in [-0.3, -0.25) is 19.8 Å². The van der Waals surface area contributed by atoms with E-state index in [2.05, 4.69) is 10.2 Å². The smallest absolute Gasteiger partial charge is 0.243 e.